The number of Topliss-reactive ketones (excluding diaryl/α,β-unsaturated/α-hetero) is 1. The molecule has 20 heavy (non-hydrogen) atoms. The quantitative estimate of drug-likeness (QED) is 0.437. The molecule has 2 rings (SSSR count). The van der Waals surface area contributed by atoms with E-state index in [-0.39, 0.29) is 57.2 Å². The number of carbonyl (C=O) groups is 1. The summed E-state index contributed by atoms with van der Waals surface area (Å²) in [5.74, 6) is -0.0506. The van der Waals surface area contributed by atoms with Gasteiger partial charge in [-0.05, 0) is 24.8 Å². The van der Waals surface area contributed by atoms with Crippen molar-refractivity contribution in [3.05, 3.63) is 53.1 Å². The maximum atomic E-state index is 11.4. The fourth-order valence-corrected chi connectivity index (χ4v) is 1.59. The van der Waals surface area contributed by atoms with Crippen LogP contribution in [0.1, 0.15) is 33.3 Å². The zero-order valence-electron chi connectivity index (χ0n) is 13.2. The van der Waals surface area contributed by atoms with Gasteiger partial charge in [0, 0.05) is 5.69 Å². The van der Waals surface area contributed by atoms with E-state index in [0.29, 0.717) is 0 Å². The van der Waals surface area contributed by atoms with Crippen molar-refractivity contribution in [2.75, 3.05) is 0 Å². The van der Waals surface area contributed by atoms with Gasteiger partial charge in [0.2, 0.25) is 0 Å². The number of carbonyl (C=O) groups excluding carboxylic acids is 1. The van der Waals surface area contributed by atoms with Gasteiger partial charge in [0.25, 0.3) is 0 Å². The molecule has 0 saturated heterocycles. The van der Waals surface area contributed by atoms with Crippen LogP contribution in [0.3, 0.4) is 0 Å². The largest absolute Gasteiger partial charge is 1.00 e. The van der Waals surface area contributed by atoms with Crippen LogP contribution in [0.5, 0.6) is 0 Å². The van der Waals surface area contributed by atoms with Crippen molar-refractivity contribution in [1.82, 2.24) is 0 Å². The van der Waals surface area contributed by atoms with E-state index in [1.54, 1.807) is 6.08 Å². The van der Waals surface area contributed by atoms with Crippen LogP contribution in [0.25, 0.3) is 0 Å². The molecule has 0 unspecified atom stereocenters. The van der Waals surface area contributed by atoms with Crippen molar-refractivity contribution in [2.45, 2.75) is 34.6 Å². The van der Waals surface area contributed by atoms with E-state index in [0.717, 1.165) is 22.5 Å². The van der Waals surface area contributed by atoms with E-state index in [1.165, 1.54) is 5.56 Å². The van der Waals surface area contributed by atoms with E-state index in [4.69, 9.17) is 0 Å². The molecule has 1 aliphatic carbocycles. The molecule has 1 aromatic rings. The first-order valence-electron chi connectivity index (χ1n) is 6.55. The maximum absolute atomic E-state index is 11.4. The Morgan fingerprint density at radius 3 is 2.05 bits per heavy atom. The first kappa shape index (κ1) is 19.7. The van der Waals surface area contributed by atoms with Crippen LogP contribution in [0.15, 0.2) is 46.5 Å². The van der Waals surface area contributed by atoms with Crippen LogP contribution in [-0.4, -0.2) is 11.5 Å². The molecule has 0 spiro atoms. The Kier molecular flexibility index (Phi) is 9.43. The van der Waals surface area contributed by atoms with Gasteiger partial charge in [-0.3, -0.25) is 0 Å². The van der Waals surface area contributed by atoms with Crippen molar-refractivity contribution in [3.8, 4) is 0 Å². The minimum absolute atomic E-state index is 0. The van der Waals surface area contributed by atoms with E-state index >= 15 is 0 Å². The van der Waals surface area contributed by atoms with Crippen molar-refractivity contribution < 1.29 is 56.2 Å². The molecule has 1 aromatic carbocycles. The summed E-state index contributed by atoms with van der Waals surface area (Å²) in [4.78, 5) is 15.9. The van der Waals surface area contributed by atoms with Crippen LogP contribution in [0.4, 0.5) is 5.69 Å². The monoisotopic (exact) mass is 293 g/mol. The fraction of sp³-hybridized carbons (Fsp3) is 0.294. The molecule has 0 radical (unpaired) electrons. The molecule has 0 amide bonds. The van der Waals surface area contributed by atoms with Gasteiger partial charge in [-0.25, -0.2) is 0 Å². The summed E-state index contributed by atoms with van der Waals surface area (Å²) >= 11 is 0. The third-order valence-corrected chi connectivity index (χ3v) is 2.91. The van der Waals surface area contributed by atoms with Gasteiger partial charge >= 0.3 is 51.4 Å². The predicted molar refractivity (Wildman–Crippen MR) is 80.8 cm³/mol. The third kappa shape index (κ3) is 5.22. The van der Waals surface area contributed by atoms with Crippen LogP contribution < -0.4 is 51.4 Å². The van der Waals surface area contributed by atoms with Gasteiger partial charge in [-0.15, -0.1) is 23.3 Å². The van der Waals surface area contributed by atoms with Gasteiger partial charge < -0.3 is 9.79 Å². The van der Waals surface area contributed by atoms with Crippen LogP contribution in [-0.2, 0) is 4.79 Å². The Balaban J connectivity index is 0.00000115. The molecule has 2 nitrogen and oxygen atoms in total. The number of aliphatic imine (C=N–C) groups is 1. The molecule has 0 aliphatic heterocycles. The topological polar surface area (TPSA) is 29.4 Å². The molecule has 0 fully saturated rings. The Bertz CT molecular complexity index is 551. The summed E-state index contributed by atoms with van der Waals surface area (Å²) in [6.07, 6.45) is 4.35. The number of nitrogens with zero attached hydrogens (tertiary/aromatic N) is 1. The molecule has 0 heterocycles. The summed E-state index contributed by atoms with van der Waals surface area (Å²) in [5, 5.41) is 0. The van der Waals surface area contributed by atoms with E-state index in [9.17, 15) is 4.79 Å². The molecule has 1 aliphatic rings. The maximum Gasteiger partial charge on any atom is 1.00 e. The average Bonchev–Trinajstić information content (AvgIpc) is 2.44. The van der Waals surface area contributed by atoms with Crippen molar-refractivity contribution >= 4 is 17.2 Å². The first-order valence-corrected chi connectivity index (χ1v) is 6.55. The van der Waals surface area contributed by atoms with Crippen LogP contribution in [0.2, 0.25) is 0 Å². The Hall–Kier alpha value is -0.324. The van der Waals surface area contributed by atoms with E-state index in [2.05, 4.69) is 11.1 Å². The molecule has 0 saturated carbocycles. The van der Waals surface area contributed by atoms with Gasteiger partial charge in [-0.1, -0.05) is 45.4 Å². The van der Waals surface area contributed by atoms with Gasteiger partial charge in [0.1, 0.15) is 0 Å². The Morgan fingerprint density at radius 1 is 0.950 bits per heavy atom. The van der Waals surface area contributed by atoms with Crippen molar-refractivity contribution in [1.29, 1.82) is 0 Å². The third-order valence-electron chi connectivity index (χ3n) is 2.91. The number of rotatable bonds is 1. The fourth-order valence-electron chi connectivity index (χ4n) is 1.59. The van der Waals surface area contributed by atoms with Crippen molar-refractivity contribution in [3.63, 3.8) is 0 Å². The molecular weight excluding hydrogens is 273 g/mol. The second-order valence-electron chi connectivity index (χ2n) is 4.20. The number of aryl methyl sites for hydroxylation is 1. The molecule has 0 aromatic heterocycles. The summed E-state index contributed by atoms with van der Waals surface area (Å²) in [6.45, 7) is 9.76. The number of benzene rings is 1. The summed E-state index contributed by atoms with van der Waals surface area (Å²) in [7, 11) is 0. The van der Waals surface area contributed by atoms with Gasteiger partial charge in [0.05, 0.1) is 5.78 Å². The number of ketones is 1. The predicted octanol–water partition coefficient (Wildman–Crippen LogP) is 1.38. The zero-order valence-corrected chi connectivity index (χ0v) is 16.4. The Labute approximate surface area is 164 Å². The smallest absolute Gasteiger partial charge is 0.319 e. The average molecular weight is 293 g/mol. The standard InChI is InChI=1S/C15H14NO.C2H6.K/c1-10-4-6-13(7-5-10)16-14-8-9-15(17)12(3)11(14)2;1-2;/h4-8H,1-3H3;1-2H3;/q-1;;+1. The van der Waals surface area contributed by atoms with Gasteiger partial charge in [0.15, 0.2) is 0 Å². The second-order valence-corrected chi connectivity index (χ2v) is 4.20. The molecule has 0 N–H and O–H groups in total. The Morgan fingerprint density at radius 2 is 1.50 bits per heavy atom. The molecule has 0 atom stereocenters. The summed E-state index contributed by atoms with van der Waals surface area (Å²) < 4.78 is 0. The summed E-state index contributed by atoms with van der Waals surface area (Å²) in [6, 6.07) is 7.98. The molecule has 100 valence electrons. The second kappa shape index (κ2) is 9.58. The SMILES string of the molecule is CC.CC1=C(C)C(=Nc2ccc(C)cc2)C=[C-]C1=O.[K+]. The summed E-state index contributed by atoms with van der Waals surface area (Å²) in [5.41, 5.74) is 4.56. The molecule has 3 heteroatoms. The zero-order chi connectivity index (χ0) is 14.4. The van der Waals surface area contributed by atoms with Gasteiger partial charge in [-0.2, -0.15) is 0 Å². The minimum Gasteiger partial charge on any atom is -0.319 e. The molecular formula is C17H20KNO. The van der Waals surface area contributed by atoms with Crippen LogP contribution >= 0.6 is 0 Å². The number of allylic oxidation sites excluding steroid dienone is 4. The van der Waals surface area contributed by atoms with E-state index < -0.39 is 0 Å². The van der Waals surface area contributed by atoms with Crippen molar-refractivity contribution in [2.24, 2.45) is 4.99 Å². The number of hydrogen-bond donors (Lipinski definition) is 0. The van der Waals surface area contributed by atoms with E-state index in [1.807, 2.05) is 58.9 Å². The van der Waals surface area contributed by atoms with Crippen LogP contribution in [0, 0.1) is 13.0 Å². The first-order chi connectivity index (χ1) is 9.08. The normalized spacial score (nSPS) is 15.7. The minimum atomic E-state index is -0.0506. The molecule has 0 bridgehead atoms. The number of hydrogen-bond acceptors (Lipinski definition) is 2.